The molecule has 0 spiro atoms. The highest BCUT2D eigenvalue weighted by molar-refractivity contribution is 5.93. The van der Waals surface area contributed by atoms with Crippen LogP contribution in [0.25, 0.3) is 0 Å². The van der Waals surface area contributed by atoms with E-state index in [1.165, 1.54) is 19.4 Å². The fourth-order valence-corrected chi connectivity index (χ4v) is 1.47. The van der Waals surface area contributed by atoms with Crippen LogP contribution in [0, 0.1) is 5.95 Å². The Kier molecular flexibility index (Phi) is 4.02. The highest BCUT2D eigenvalue weighted by Gasteiger charge is 2.06. The molecule has 2 heterocycles. The van der Waals surface area contributed by atoms with Gasteiger partial charge in [0.15, 0.2) is 0 Å². The van der Waals surface area contributed by atoms with E-state index in [4.69, 9.17) is 4.74 Å². The number of carbonyl (C=O) groups is 1. The molecule has 1 amide bonds. The van der Waals surface area contributed by atoms with E-state index in [1.54, 1.807) is 18.3 Å². The van der Waals surface area contributed by atoms with Crippen molar-refractivity contribution in [2.75, 3.05) is 7.11 Å². The van der Waals surface area contributed by atoms with Crippen molar-refractivity contribution in [2.45, 2.75) is 6.54 Å². The molecular formula is C13H12FN3O2. The minimum Gasteiger partial charge on any atom is -0.481 e. The second kappa shape index (κ2) is 5.90. The van der Waals surface area contributed by atoms with Crippen molar-refractivity contribution in [3.05, 3.63) is 53.7 Å². The molecular weight excluding hydrogens is 249 g/mol. The Morgan fingerprint density at radius 2 is 2.21 bits per heavy atom. The molecule has 0 aliphatic rings. The molecule has 0 aliphatic heterocycles. The van der Waals surface area contributed by atoms with Crippen LogP contribution in [-0.4, -0.2) is 23.0 Å². The summed E-state index contributed by atoms with van der Waals surface area (Å²) in [6.45, 7) is 0.328. The molecule has 98 valence electrons. The molecule has 2 aromatic heterocycles. The van der Waals surface area contributed by atoms with Crippen molar-refractivity contribution in [1.29, 1.82) is 0 Å². The van der Waals surface area contributed by atoms with Crippen molar-refractivity contribution in [3.8, 4) is 5.88 Å². The van der Waals surface area contributed by atoms with Gasteiger partial charge in [0.05, 0.1) is 12.7 Å². The quantitative estimate of drug-likeness (QED) is 0.848. The lowest BCUT2D eigenvalue weighted by Gasteiger charge is -2.06. The lowest BCUT2D eigenvalue weighted by atomic mass is 10.2. The Morgan fingerprint density at radius 1 is 1.37 bits per heavy atom. The van der Waals surface area contributed by atoms with Gasteiger partial charge in [-0.2, -0.15) is 4.39 Å². The normalized spacial score (nSPS) is 10.0. The van der Waals surface area contributed by atoms with Gasteiger partial charge in [0.1, 0.15) is 0 Å². The minimum absolute atomic E-state index is 0.308. The molecule has 1 N–H and O–H groups in total. The number of nitrogens with zero attached hydrogens (tertiary/aromatic N) is 2. The number of rotatable bonds is 4. The zero-order chi connectivity index (χ0) is 13.7. The van der Waals surface area contributed by atoms with Gasteiger partial charge in [-0.05, 0) is 23.8 Å². The van der Waals surface area contributed by atoms with Crippen LogP contribution in [0.3, 0.4) is 0 Å². The Bertz CT molecular complexity index is 572. The molecule has 2 aromatic rings. The first-order chi connectivity index (χ1) is 9.19. The first-order valence-corrected chi connectivity index (χ1v) is 5.57. The minimum atomic E-state index is -0.615. The van der Waals surface area contributed by atoms with Gasteiger partial charge in [0.2, 0.25) is 11.8 Å². The predicted octanol–water partition coefficient (Wildman–Crippen LogP) is 1.55. The van der Waals surface area contributed by atoms with Crippen molar-refractivity contribution in [1.82, 2.24) is 15.3 Å². The van der Waals surface area contributed by atoms with Gasteiger partial charge in [-0.1, -0.05) is 0 Å². The van der Waals surface area contributed by atoms with Crippen molar-refractivity contribution < 1.29 is 13.9 Å². The standard InChI is InChI=1S/C13H12FN3O2/c1-19-12-6-9(4-5-15-12)7-17-13(18)10-2-3-11(14)16-8-10/h2-6,8H,7H2,1H3,(H,17,18). The molecule has 2 rings (SSSR count). The summed E-state index contributed by atoms with van der Waals surface area (Å²) in [4.78, 5) is 19.2. The third-order valence-corrected chi connectivity index (χ3v) is 2.45. The number of hydrogen-bond acceptors (Lipinski definition) is 4. The molecule has 0 atom stereocenters. The van der Waals surface area contributed by atoms with E-state index < -0.39 is 5.95 Å². The highest BCUT2D eigenvalue weighted by Crippen LogP contribution is 2.08. The van der Waals surface area contributed by atoms with E-state index in [-0.39, 0.29) is 5.91 Å². The van der Waals surface area contributed by atoms with Gasteiger partial charge in [0.25, 0.3) is 5.91 Å². The SMILES string of the molecule is COc1cc(CNC(=O)c2ccc(F)nc2)ccn1. The maximum absolute atomic E-state index is 12.6. The molecule has 6 heteroatoms. The van der Waals surface area contributed by atoms with Crippen LogP contribution in [0.4, 0.5) is 4.39 Å². The zero-order valence-corrected chi connectivity index (χ0v) is 10.3. The second-order valence-electron chi connectivity index (χ2n) is 3.76. The van der Waals surface area contributed by atoms with E-state index in [1.807, 2.05) is 0 Å². The molecule has 0 fully saturated rings. The Balaban J connectivity index is 1.98. The summed E-state index contributed by atoms with van der Waals surface area (Å²) < 4.78 is 17.6. The number of carbonyl (C=O) groups excluding carboxylic acids is 1. The molecule has 0 radical (unpaired) electrons. The lowest BCUT2D eigenvalue weighted by molar-refractivity contribution is 0.0950. The number of ether oxygens (including phenoxy) is 1. The van der Waals surface area contributed by atoms with Crippen LogP contribution in [0.15, 0.2) is 36.7 Å². The molecule has 5 nitrogen and oxygen atoms in total. The van der Waals surface area contributed by atoms with E-state index >= 15 is 0 Å². The number of aromatic nitrogens is 2. The summed E-state index contributed by atoms with van der Waals surface area (Å²) in [5.74, 6) is -0.450. The summed E-state index contributed by atoms with van der Waals surface area (Å²) in [7, 11) is 1.52. The number of methoxy groups -OCH3 is 1. The largest absolute Gasteiger partial charge is 0.481 e. The van der Waals surface area contributed by atoms with Crippen LogP contribution in [0.5, 0.6) is 5.88 Å². The zero-order valence-electron chi connectivity index (χ0n) is 10.3. The van der Waals surface area contributed by atoms with E-state index in [0.29, 0.717) is 18.0 Å². The van der Waals surface area contributed by atoms with Gasteiger partial charge in [-0.15, -0.1) is 0 Å². The van der Waals surface area contributed by atoms with Crippen LogP contribution >= 0.6 is 0 Å². The molecule has 19 heavy (non-hydrogen) atoms. The monoisotopic (exact) mass is 261 g/mol. The number of halogens is 1. The predicted molar refractivity (Wildman–Crippen MR) is 66.2 cm³/mol. The van der Waals surface area contributed by atoms with Crippen LogP contribution in [0.1, 0.15) is 15.9 Å². The van der Waals surface area contributed by atoms with Crippen LogP contribution in [-0.2, 0) is 6.54 Å². The maximum Gasteiger partial charge on any atom is 0.253 e. The summed E-state index contributed by atoms with van der Waals surface area (Å²) in [6.07, 6.45) is 2.79. The van der Waals surface area contributed by atoms with E-state index in [0.717, 1.165) is 11.6 Å². The molecule has 0 aliphatic carbocycles. The van der Waals surface area contributed by atoms with Crippen molar-refractivity contribution in [3.63, 3.8) is 0 Å². The summed E-state index contributed by atoms with van der Waals surface area (Å²) in [5, 5.41) is 2.70. The average Bonchev–Trinajstić information content (AvgIpc) is 2.46. The van der Waals surface area contributed by atoms with Crippen LogP contribution in [0.2, 0.25) is 0 Å². The highest BCUT2D eigenvalue weighted by atomic mass is 19.1. The number of nitrogens with one attached hydrogen (secondary N) is 1. The third kappa shape index (κ3) is 3.48. The van der Waals surface area contributed by atoms with Gasteiger partial charge in [0, 0.05) is 25.0 Å². The van der Waals surface area contributed by atoms with Crippen LogP contribution < -0.4 is 10.1 Å². The van der Waals surface area contributed by atoms with Gasteiger partial charge < -0.3 is 10.1 Å². The average molecular weight is 261 g/mol. The smallest absolute Gasteiger partial charge is 0.253 e. The summed E-state index contributed by atoms with van der Waals surface area (Å²) in [5.41, 5.74) is 1.16. The third-order valence-electron chi connectivity index (χ3n) is 2.45. The summed E-state index contributed by atoms with van der Waals surface area (Å²) in [6, 6.07) is 6.02. The van der Waals surface area contributed by atoms with Gasteiger partial charge >= 0.3 is 0 Å². The Hall–Kier alpha value is -2.50. The fraction of sp³-hybridized carbons (Fsp3) is 0.154. The topological polar surface area (TPSA) is 64.1 Å². The number of hydrogen-bond donors (Lipinski definition) is 1. The first kappa shape index (κ1) is 12.9. The second-order valence-corrected chi connectivity index (χ2v) is 3.76. The molecule has 0 unspecified atom stereocenters. The number of amides is 1. The maximum atomic E-state index is 12.6. The molecule has 0 bridgehead atoms. The Labute approximate surface area is 109 Å². The van der Waals surface area contributed by atoms with Crippen molar-refractivity contribution in [2.24, 2.45) is 0 Å². The van der Waals surface area contributed by atoms with Crippen molar-refractivity contribution >= 4 is 5.91 Å². The fourth-order valence-electron chi connectivity index (χ4n) is 1.47. The molecule has 0 saturated carbocycles. The first-order valence-electron chi connectivity index (χ1n) is 5.57. The van der Waals surface area contributed by atoms with E-state index in [2.05, 4.69) is 15.3 Å². The van der Waals surface area contributed by atoms with E-state index in [9.17, 15) is 9.18 Å². The Morgan fingerprint density at radius 3 is 2.89 bits per heavy atom. The number of pyridine rings is 2. The molecule has 0 saturated heterocycles. The summed E-state index contributed by atoms with van der Waals surface area (Å²) >= 11 is 0. The van der Waals surface area contributed by atoms with Gasteiger partial charge in [-0.3, -0.25) is 4.79 Å². The van der Waals surface area contributed by atoms with Gasteiger partial charge in [-0.25, -0.2) is 9.97 Å². The lowest BCUT2D eigenvalue weighted by Crippen LogP contribution is -2.23. The molecule has 0 aromatic carbocycles.